The van der Waals surface area contributed by atoms with Gasteiger partial charge in [0.25, 0.3) is 0 Å². The largest absolute Gasteiger partial charge is 0.367 e. The van der Waals surface area contributed by atoms with Crippen LogP contribution in [0.5, 0.6) is 0 Å². The molecule has 0 spiro atoms. The topological polar surface area (TPSA) is 37.8 Å². The van der Waals surface area contributed by atoms with Gasteiger partial charge in [0.05, 0.1) is 12.2 Å². The Kier molecular flexibility index (Phi) is 4.08. The molecule has 100 valence electrons. The van der Waals surface area contributed by atoms with Gasteiger partial charge in [-0.3, -0.25) is 0 Å². The summed E-state index contributed by atoms with van der Waals surface area (Å²) in [6, 6.07) is 11.2. The molecule has 4 heteroatoms. The highest BCUT2D eigenvalue weighted by molar-refractivity contribution is 7.09. The van der Waals surface area contributed by atoms with Gasteiger partial charge in [0.2, 0.25) is 0 Å². The Morgan fingerprint density at radius 2 is 1.89 bits per heavy atom. The normalized spacial score (nSPS) is 18.1. The quantitative estimate of drug-likeness (QED) is 0.904. The van der Waals surface area contributed by atoms with Crippen LogP contribution >= 0.6 is 11.5 Å². The Morgan fingerprint density at radius 1 is 1.11 bits per heavy atom. The smallest absolute Gasteiger partial charge is 0.130 e. The second-order valence-corrected chi connectivity index (χ2v) is 6.00. The van der Waals surface area contributed by atoms with Crippen LogP contribution in [0.15, 0.2) is 36.5 Å². The molecule has 0 saturated heterocycles. The van der Waals surface area contributed by atoms with Gasteiger partial charge >= 0.3 is 0 Å². The highest BCUT2D eigenvalue weighted by Gasteiger charge is 2.25. The van der Waals surface area contributed by atoms with Crippen LogP contribution in [0.4, 0.5) is 5.00 Å². The van der Waals surface area contributed by atoms with E-state index in [2.05, 4.69) is 45.2 Å². The number of rotatable bonds is 4. The Bertz CT molecular complexity index is 477. The molecule has 1 aromatic heterocycles. The average Bonchev–Trinajstić information content (AvgIpc) is 3.00. The van der Waals surface area contributed by atoms with Gasteiger partial charge in [-0.2, -0.15) is 0 Å². The van der Waals surface area contributed by atoms with E-state index in [1.807, 2.05) is 6.20 Å². The number of nitrogens with zero attached hydrogens (tertiary/aromatic N) is 2. The maximum atomic E-state index is 3.94. The van der Waals surface area contributed by atoms with Crippen LogP contribution in [-0.2, 0) is 0 Å². The summed E-state index contributed by atoms with van der Waals surface area (Å²) >= 11 is 1.44. The first-order valence-electron chi connectivity index (χ1n) is 7.02. The number of nitrogens with one attached hydrogen (secondary N) is 1. The molecule has 1 aliphatic rings. The number of hydrogen-bond acceptors (Lipinski definition) is 4. The molecule has 1 heterocycles. The molecule has 1 saturated carbocycles. The van der Waals surface area contributed by atoms with Gasteiger partial charge in [0, 0.05) is 11.5 Å². The number of benzene rings is 1. The van der Waals surface area contributed by atoms with Crippen molar-refractivity contribution in [2.45, 2.75) is 38.1 Å². The van der Waals surface area contributed by atoms with E-state index in [4.69, 9.17) is 0 Å². The first kappa shape index (κ1) is 12.6. The van der Waals surface area contributed by atoms with Crippen LogP contribution < -0.4 is 5.32 Å². The van der Waals surface area contributed by atoms with Crippen molar-refractivity contribution >= 4 is 16.5 Å². The van der Waals surface area contributed by atoms with Crippen molar-refractivity contribution in [1.82, 2.24) is 9.59 Å². The van der Waals surface area contributed by atoms with E-state index in [1.54, 1.807) is 0 Å². The van der Waals surface area contributed by atoms with Gasteiger partial charge in [-0.1, -0.05) is 54.1 Å². The van der Waals surface area contributed by atoms with Gasteiger partial charge < -0.3 is 5.32 Å². The molecule has 1 fully saturated rings. The molecule has 2 aromatic rings. The van der Waals surface area contributed by atoms with Crippen LogP contribution in [0.3, 0.4) is 0 Å². The molecular weight excluding hydrogens is 254 g/mol. The summed E-state index contributed by atoms with van der Waals surface area (Å²) < 4.78 is 3.94. The average molecular weight is 273 g/mol. The molecule has 3 nitrogen and oxygen atoms in total. The van der Waals surface area contributed by atoms with E-state index in [9.17, 15) is 0 Å². The molecule has 1 N–H and O–H groups in total. The molecule has 19 heavy (non-hydrogen) atoms. The summed E-state index contributed by atoms with van der Waals surface area (Å²) in [6.45, 7) is 0. The van der Waals surface area contributed by atoms with Gasteiger partial charge in [-0.05, 0) is 24.3 Å². The molecule has 1 aliphatic carbocycles. The van der Waals surface area contributed by atoms with Gasteiger partial charge in [0.1, 0.15) is 5.00 Å². The molecule has 3 rings (SSSR count). The number of anilines is 1. The Morgan fingerprint density at radius 3 is 2.58 bits per heavy atom. The molecule has 1 atom stereocenters. The van der Waals surface area contributed by atoms with Crippen LogP contribution in [0, 0.1) is 5.92 Å². The maximum absolute atomic E-state index is 3.94. The second kappa shape index (κ2) is 6.15. The third kappa shape index (κ3) is 3.13. The lowest BCUT2D eigenvalue weighted by Gasteiger charge is -2.31. The van der Waals surface area contributed by atoms with E-state index in [1.165, 1.54) is 49.2 Å². The zero-order valence-corrected chi connectivity index (χ0v) is 11.8. The monoisotopic (exact) mass is 273 g/mol. The lowest BCUT2D eigenvalue weighted by atomic mass is 9.81. The molecule has 0 radical (unpaired) electrons. The van der Waals surface area contributed by atoms with Crippen molar-refractivity contribution in [1.29, 1.82) is 0 Å². The lowest BCUT2D eigenvalue weighted by Crippen LogP contribution is -2.22. The van der Waals surface area contributed by atoms with E-state index in [0.717, 1.165) is 10.9 Å². The number of hydrogen-bond donors (Lipinski definition) is 1. The summed E-state index contributed by atoms with van der Waals surface area (Å²) in [5, 5.41) is 8.63. The highest BCUT2D eigenvalue weighted by Crippen LogP contribution is 2.36. The van der Waals surface area contributed by atoms with Crippen molar-refractivity contribution < 1.29 is 0 Å². The standard InChI is InChI=1S/C15H19N3S/c1-3-7-12(8-4-1)15(13-9-5-2-6-10-13)17-14-11-16-18-19-14/h1,3-4,7-8,11,13,15,17H,2,5-6,9-10H2. The van der Waals surface area contributed by atoms with Crippen LogP contribution in [0.2, 0.25) is 0 Å². The fraction of sp³-hybridized carbons (Fsp3) is 0.467. The van der Waals surface area contributed by atoms with E-state index >= 15 is 0 Å². The minimum absolute atomic E-state index is 0.392. The Hall–Kier alpha value is -1.42. The van der Waals surface area contributed by atoms with Gasteiger partial charge in [0.15, 0.2) is 0 Å². The maximum Gasteiger partial charge on any atom is 0.130 e. The van der Waals surface area contributed by atoms with Gasteiger partial charge in [-0.15, -0.1) is 5.10 Å². The van der Waals surface area contributed by atoms with Crippen molar-refractivity contribution in [2.24, 2.45) is 5.92 Å². The summed E-state index contributed by atoms with van der Waals surface area (Å²) in [4.78, 5) is 0. The zero-order valence-electron chi connectivity index (χ0n) is 11.0. The third-order valence-electron chi connectivity index (χ3n) is 3.94. The molecule has 1 unspecified atom stereocenters. The van der Waals surface area contributed by atoms with Crippen LogP contribution in [-0.4, -0.2) is 9.59 Å². The van der Waals surface area contributed by atoms with Crippen molar-refractivity contribution in [2.75, 3.05) is 5.32 Å². The van der Waals surface area contributed by atoms with Crippen molar-refractivity contribution in [3.63, 3.8) is 0 Å². The molecular formula is C15H19N3S. The van der Waals surface area contributed by atoms with Gasteiger partial charge in [-0.25, -0.2) is 0 Å². The first-order valence-corrected chi connectivity index (χ1v) is 7.79. The fourth-order valence-electron chi connectivity index (χ4n) is 2.99. The summed E-state index contributed by atoms with van der Waals surface area (Å²) in [5.41, 5.74) is 1.38. The molecule has 0 amide bonds. The van der Waals surface area contributed by atoms with E-state index in [-0.39, 0.29) is 0 Å². The van der Waals surface area contributed by atoms with Crippen molar-refractivity contribution in [3.8, 4) is 0 Å². The predicted molar refractivity (Wildman–Crippen MR) is 79.3 cm³/mol. The molecule has 0 bridgehead atoms. The van der Waals surface area contributed by atoms with Crippen LogP contribution in [0.25, 0.3) is 0 Å². The highest BCUT2D eigenvalue weighted by atomic mass is 32.1. The summed E-state index contributed by atoms with van der Waals surface area (Å²) in [5.74, 6) is 0.721. The molecule has 0 aliphatic heterocycles. The first-order chi connectivity index (χ1) is 9.43. The SMILES string of the molecule is c1ccc(C(Nc2cnns2)C2CCCCC2)cc1. The van der Waals surface area contributed by atoms with E-state index < -0.39 is 0 Å². The number of aromatic nitrogens is 2. The minimum atomic E-state index is 0.392. The lowest BCUT2D eigenvalue weighted by molar-refractivity contribution is 0.321. The fourth-order valence-corrected chi connectivity index (χ4v) is 3.44. The minimum Gasteiger partial charge on any atom is -0.367 e. The Balaban J connectivity index is 1.82. The van der Waals surface area contributed by atoms with Crippen molar-refractivity contribution in [3.05, 3.63) is 42.1 Å². The third-order valence-corrected chi connectivity index (χ3v) is 4.53. The predicted octanol–water partition coefficient (Wildman–Crippen LogP) is 4.27. The summed E-state index contributed by atoms with van der Waals surface area (Å²) in [6.07, 6.45) is 8.56. The Labute approximate surface area is 118 Å². The van der Waals surface area contributed by atoms with E-state index in [0.29, 0.717) is 6.04 Å². The second-order valence-electron chi connectivity index (χ2n) is 5.21. The molecule has 1 aromatic carbocycles. The zero-order chi connectivity index (χ0) is 12.9. The van der Waals surface area contributed by atoms with Crippen LogP contribution in [0.1, 0.15) is 43.7 Å². The summed E-state index contributed by atoms with van der Waals surface area (Å²) in [7, 11) is 0.